The molecule has 0 saturated carbocycles. The first-order valence-corrected chi connectivity index (χ1v) is 5.53. The van der Waals surface area contributed by atoms with Gasteiger partial charge in [0.15, 0.2) is 0 Å². The second-order valence-corrected chi connectivity index (χ2v) is 4.55. The summed E-state index contributed by atoms with van der Waals surface area (Å²) in [4.78, 5) is 1.78. The highest BCUT2D eigenvalue weighted by Crippen LogP contribution is 2.00. The third-order valence-corrected chi connectivity index (χ3v) is 2.78. The molecule has 3 N–H and O–H groups in total. The van der Waals surface area contributed by atoms with E-state index in [-0.39, 0.29) is 5.75 Å². The third-order valence-electron chi connectivity index (χ3n) is 1.68. The zero-order valence-corrected chi connectivity index (χ0v) is 7.92. The van der Waals surface area contributed by atoms with Crippen molar-refractivity contribution in [3.63, 3.8) is 0 Å². The Morgan fingerprint density at radius 3 is 2.38 bits per heavy atom. The van der Waals surface area contributed by atoms with Crippen molar-refractivity contribution < 1.29 is 8.42 Å². The summed E-state index contributed by atoms with van der Waals surface area (Å²) >= 11 is 0. The van der Waals surface area contributed by atoms with Gasteiger partial charge >= 0.3 is 0 Å². The highest BCUT2D eigenvalue weighted by molar-refractivity contribution is 7.89. The molecule has 1 rings (SSSR count). The summed E-state index contributed by atoms with van der Waals surface area (Å²) in [5, 5.41) is 0. The van der Waals surface area contributed by atoms with E-state index in [9.17, 15) is 8.42 Å². The molecule has 0 heterocycles. The van der Waals surface area contributed by atoms with Crippen LogP contribution in [0.5, 0.6) is 0 Å². The lowest BCUT2D eigenvalue weighted by Crippen LogP contribution is -2.33. The fraction of sp³-hybridized carbons (Fsp3) is 0.250. The lowest BCUT2D eigenvalue weighted by Gasteiger charge is -2.01. The molecule has 0 saturated heterocycles. The van der Waals surface area contributed by atoms with Crippen molar-refractivity contribution >= 4 is 10.0 Å². The fourth-order valence-electron chi connectivity index (χ4n) is 0.956. The molecular weight excluding hydrogens is 188 g/mol. The van der Waals surface area contributed by atoms with E-state index in [0.717, 1.165) is 5.56 Å². The molecule has 0 radical (unpaired) electrons. The number of hydrazine groups is 1. The van der Waals surface area contributed by atoms with Gasteiger partial charge in [-0.2, -0.15) is 4.83 Å². The topological polar surface area (TPSA) is 72.2 Å². The van der Waals surface area contributed by atoms with Crippen molar-refractivity contribution in [3.8, 4) is 0 Å². The summed E-state index contributed by atoms with van der Waals surface area (Å²) in [5.41, 5.74) is 0.987. The summed E-state index contributed by atoms with van der Waals surface area (Å²) in [7, 11) is -3.29. The Hall–Kier alpha value is -0.910. The zero-order chi connectivity index (χ0) is 9.73. The zero-order valence-electron chi connectivity index (χ0n) is 7.10. The first kappa shape index (κ1) is 10.2. The van der Waals surface area contributed by atoms with Crippen molar-refractivity contribution in [2.75, 3.05) is 5.75 Å². The van der Waals surface area contributed by atoms with Crippen LogP contribution >= 0.6 is 0 Å². The molecule has 0 aromatic heterocycles. The van der Waals surface area contributed by atoms with Gasteiger partial charge in [-0.1, -0.05) is 30.3 Å². The van der Waals surface area contributed by atoms with Crippen LogP contribution in [-0.4, -0.2) is 14.2 Å². The van der Waals surface area contributed by atoms with Crippen LogP contribution in [0.15, 0.2) is 30.3 Å². The molecule has 13 heavy (non-hydrogen) atoms. The summed E-state index contributed by atoms with van der Waals surface area (Å²) in [5.74, 6) is 4.85. The number of nitrogens with two attached hydrogens (primary N) is 1. The highest BCUT2D eigenvalue weighted by atomic mass is 32.2. The molecule has 0 atom stereocenters. The van der Waals surface area contributed by atoms with Crippen molar-refractivity contribution in [3.05, 3.63) is 35.9 Å². The fourth-order valence-corrected chi connectivity index (χ4v) is 1.58. The lowest BCUT2D eigenvalue weighted by molar-refractivity contribution is 0.583. The van der Waals surface area contributed by atoms with Gasteiger partial charge in [0.05, 0.1) is 5.75 Å². The van der Waals surface area contributed by atoms with Crippen LogP contribution in [-0.2, 0) is 16.4 Å². The Bertz CT molecular complexity index is 348. The maximum Gasteiger partial charge on any atom is 0.224 e. The predicted molar refractivity (Wildman–Crippen MR) is 51.3 cm³/mol. The molecule has 1 aromatic rings. The SMILES string of the molecule is NNS(=O)(=O)CCc1ccccc1. The molecule has 0 bridgehead atoms. The largest absolute Gasteiger partial charge is 0.258 e. The van der Waals surface area contributed by atoms with Crippen molar-refractivity contribution in [2.24, 2.45) is 5.84 Å². The molecule has 0 aliphatic rings. The predicted octanol–water partition coefficient (Wildman–Crippen LogP) is 0.0222. The van der Waals surface area contributed by atoms with E-state index >= 15 is 0 Å². The van der Waals surface area contributed by atoms with E-state index in [1.807, 2.05) is 30.3 Å². The van der Waals surface area contributed by atoms with Crippen LogP contribution in [0.4, 0.5) is 0 Å². The van der Waals surface area contributed by atoms with Gasteiger partial charge in [0, 0.05) is 0 Å². The summed E-state index contributed by atoms with van der Waals surface area (Å²) in [6.45, 7) is 0. The minimum atomic E-state index is -3.29. The molecule has 0 aliphatic carbocycles. The molecule has 0 spiro atoms. The van der Waals surface area contributed by atoms with Gasteiger partial charge in [-0.15, -0.1) is 0 Å². The summed E-state index contributed by atoms with van der Waals surface area (Å²) < 4.78 is 21.9. The third kappa shape index (κ3) is 3.54. The van der Waals surface area contributed by atoms with Crippen LogP contribution in [0.25, 0.3) is 0 Å². The summed E-state index contributed by atoms with van der Waals surface area (Å²) in [6, 6.07) is 9.40. The van der Waals surface area contributed by atoms with Crippen LogP contribution < -0.4 is 10.7 Å². The van der Waals surface area contributed by atoms with Gasteiger partial charge in [-0.3, -0.25) is 5.84 Å². The number of hydrogen-bond donors (Lipinski definition) is 2. The van der Waals surface area contributed by atoms with Crippen LogP contribution in [0.3, 0.4) is 0 Å². The second-order valence-electron chi connectivity index (χ2n) is 2.67. The number of aryl methyl sites for hydroxylation is 1. The standard InChI is InChI=1S/C8H12N2O2S/c9-10-13(11,12)7-6-8-4-2-1-3-5-8/h1-5,10H,6-7,9H2. The molecule has 0 aliphatic heterocycles. The molecule has 72 valence electrons. The van der Waals surface area contributed by atoms with Crippen LogP contribution in [0.2, 0.25) is 0 Å². The quantitative estimate of drug-likeness (QED) is 0.531. The van der Waals surface area contributed by atoms with Gasteiger partial charge in [0.2, 0.25) is 10.0 Å². The van der Waals surface area contributed by atoms with E-state index in [0.29, 0.717) is 6.42 Å². The van der Waals surface area contributed by atoms with Gasteiger partial charge in [0.25, 0.3) is 0 Å². The van der Waals surface area contributed by atoms with E-state index < -0.39 is 10.0 Å². The Kier molecular flexibility index (Phi) is 3.41. The van der Waals surface area contributed by atoms with E-state index in [4.69, 9.17) is 5.84 Å². The lowest BCUT2D eigenvalue weighted by atomic mass is 10.2. The second kappa shape index (κ2) is 4.36. The van der Waals surface area contributed by atoms with Crippen molar-refractivity contribution in [1.29, 1.82) is 0 Å². The van der Waals surface area contributed by atoms with Gasteiger partial charge < -0.3 is 0 Å². The normalized spacial score (nSPS) is 11.5. The first-order chi connectivity index (χ1) is 6.14. The smallest absolute Gasteiger partial charge is 0.224 e. The summed E-state index contributed by atoms with van der Waals surface area (Å²) in [6.07, 6.45) is 0.480. The molecule has 0 unspecified atom stereocenters. The monoisotopic (exact) mass is 200 g/mol. The van der Waals surface area contributed by atoms with Crippen LogP contribution in [0, 0.1) is 0 Å². The Morgan fingerprint density at radius 2 is 1.85 bits per heavy atom. The minimum absolute atomic E-state index is 0.0213. The van der Waals surface area contributed by atoms with Crippen LogP contribution in [0.1, 0.15) is 5.56 Å². The number of nitrogens with one attached hydrogen (secondary N) is 1. The average molecular weight is 200 g/mol. The van der Waals surface area contributed by atoms with Crippen molar-refractivity contribution in [1.82, 2.24) is 4.83 Å². The van der Waals surface area contributed by atoms with Gasteiger partial charge in [0.1, 0.15) is 0 Å². The molecule has 0 amide bonds. The Labute approximate surface area is 77.8 Å². The minimum Gasteiger partial charge on any atom is -0.258 e. The molecule has 1 aromatic carbocycles. The maximum atomic E-state index is 10.9. The Balaban J connectivity index is 2.54. The number of sulfonamides is 1. The Morgan fingerprint density at radius 1 is 1.23 bits per heavy atom. The molecular formula is C8H12N2O2S. The highest BCUT2D eigenvalue weighted by Gasteiger charge is 2.06. The molecule has 0 fully saturated rings. The van der Waals surface area contributed by atoms with E-state index in [1.165, 1.54) is 0 Å². The van der Waals surface area contributed by atoms with E-state index in [1.54, 1.807) is 4.83 Å². The number of rotatable bonds is 4. The average Bonchev–Trinajstić information content (AvgIpc) is 2.17. The van der Waals surface area contributed by atoms with Gasteiger partial charge in [-0.05, 0) is 12.0 Å². The van der Waals surface area contributed by atoms with Gasteiger partial charge in [-0.25, -0.2) is 8.42 Å². The number of hydrogen-bond acceptors (Lipinski definition) is 3. The van der Waals surface area contributed by atoms with E-state index in [2.05, 4.69) is 0 Å². The molecule has 5 heteroatoms. The van der Waals surface area contributed by atoms with Crippen molar-refractivity contribution in [2.45, 2.75) is 6.42 Å². The maximum absolute atomic E-state index is 10.9. The number of benzene rings is 1. The molecule has 4 nitrogen and oxygen atoms in total. The first-order valence-electron chi connectivity index (χ1n) is 3.88.